The monoisotopic (exact) mass is 314 g/mol. The Hall–Kier alpha value is -2.96. The van der Waals surface area contributed by atoms with Gasteiger partial charge < -0.3 is 24.9 Å². The van der Waals surface area contributed by atoms with Crippen molar-refractivity contribution in [2.24, 2.45) is 7.05 Å². The summed E-state index contributed by atoms with van der Waals surface area (Å²) < 4.78 is 7.02. The summed E-state index contributed by atoms with van der Waals surface area (Å²) in [6, 6.07) is 0. The summed E-state index contributed by atoms with van der Waals surface area (Å²) in [5, 5.41) is 6.22. The minimum atomic E-state index is -0.475. The van der Waals surface area contributed by atoms with Crippen LogP contribution in [0, 0.1) is 6.92 Å². The van der Waals surface area contributed by atoms with Crippen molar-refractivity contribution in [1.82, 2.24) is 20.2 Å². The zero-order valence-electron chi connectivity index (χ0n) is 13.1. The van der Waals surface area contributed by atoms with Crippen LogP contribution in [-0.2, 0) is 11.8 Å². The fourth-order valence-electron chi connectivity index (χ4n) is 2.80. The average molecular weight is 314 g/mol. The number of aromatic nitrogens is 2. The SMILES string of the molecule is COC1=CC=CNC1NC(=O)c1cn(C)c2c(C)c[nH]c(=O)c12. The van der Waals surface area contributed by atoms with E-state index in [-0.39, 0.29) is 11.5 Å². The van der Waals surface area contributed by atoms with Gasteiger partial charge >= 0.3 is 0 Å². The molecule has 7 heteroatoms. The number of aromatic amines is 1. The quantitative estimate of drug-likeness (QED) is 0.785. The van der Waals surface area contributed by atoms with Crippen LogP contribution in [0.2, 0.25) is 0 Å². The number of carbonyl (C=O) groups excluding carboxylic acids is 1. The van der Waals surface area contributed by atoms with E-state index < -0.39 is 6.17 Å². The van der Waals surface area contributed by atoms with E-state index in [9.17, 15) is 9.59 Å². The van der Waals surface area contributed by atoms with Crippen LogP contribution in [0.25, 0.3) is 10.9 Å². The van der Waals surface area contributed by atoms with Crippen molar-refractivity contribution in [3.63, 3.8) is 0 Å². The van der Waals surface area contributed by atoms with E-state index in [4.69, 9.17) is 4.74 Å². The average Bonchev–Trinajstić information content (AvgIpc) is 2.90. The summed E-state index contributed by atoms with van der Waals surface area (Å²) in [5.74, 6) is 0.244. The van der Waals surface area contributed by atoms with E-state index >= 15 is 0 Å². The van der Waals surface area contributed by atoms with Crippen LogP contribution in [0.3, 0.4) is 0 Å². The summed E-state index contributed by atoms with van der Waals surface area (Å²) >= 11 is 0. The number of rotatable bonds is 3. The summed E-state index contributed by atoms with van der Waals surface area (Å²) in [7, 11) is 3.35. The summed E-state index contributed by atoms with van der Waals surface area (Å²) in [6.07, 6.45) is 8.10. The molecule has 0 fully saturated rings. The van der Waals surface area contributed by atoms with Gasteiger partial charge in [0.05, 0.1) is 23.6 Å². The van der Waals surface area contributed by atoms with E-state index in [0.717, 1.165) is 11.1 Å². The van der Waals surface area contributed by atoms with E-state index in [1.54, 1.807) is 35.3 Å². The van der Waals surface area contributed by atoms with Gasteiger partial charge in [0.25, 0.3) is 11.5 Å². The number of fused-ring (bicyclic) bond motifs is 1. The van der Waals surface area contributed by atoms with Crippen molar-refractivity contribution in [2.45, 2.75) is 13.1 Å². The van der Waals surface area contributed by atoms with Gasteiger partial charge in [-0.25, -0.2) is 0 Å². The van der Waals surface area contributed by atoms with Crippen LogP contribution in [0.1, 0.15) is 15.9 Å². The molecule has 0 saturated carbocycles. The van der Waals surface area contributed by atoms with Crippen molar-refractivity contribution in [1.29, 1.82) is 0 Å². The Bertz CT molecular complexity index is 889. The summed E-state index contributed by atoms with van der Waals surface area (Å²) in [5.41, 5.74) is 1.70. The van der Waals surface area contributed by atoms with E-state index in [2.05, 4.69) is 15.6 Å². The molecule has 1 unspecified atom stereocenters. The van der Waals surface area contributed by atoms with Crippen molar-refractivity contribution in [2.75, 3.05) is 7.11 Å². The fraction of sp³-hybridized carbons (Fsp3) is 0.250. The lowest BCUT2D eigenvalue weighted by atomic mass is 10.1. The Morgan fingerprint density at radius 1 is 1.43 bits per heavy atom. The number of methoxy groups -OCH3 is 1. The largest absolute Gasteiger partial charge is 0.497 e. The van der Waals surface area contributed by atoms with Gasteiger partial charge in [-0.3, -0.25) is 9.59 Å². The maximum absolute atomic E-state index is 12.6. The highest BCUT2D eigenvalue weighted by molar-refractivity contribution is 6.07. The number of amides is 1. The summed E-state index contributed by atoms with van der Waals surface area (Å²) in [4.78, 5) is 27.5. The van der Waals surface area contributed by atoms with Gasteiger partial charge in [-0.1, -0.05) is 0 Å². The maximum atomic E-state index is 12.6. The Morgan fingerprint density at radius 2 is 2.22 bits per heavy atom. The van der Waals surface area contributed by atoms with E-state index in [1.807, 2.05) is 14.0 Å². The number of allylic oxidation sites excluding steroid dienone is 2. The second-order valence-corrected chi connectivity index (χ2v) is 5.38. The highest BCUT2D eigenvalue weighted by atomic mass is 16.5. The molecule has 0 aromatic carbocycles. The fourth-order valence-corrected chi connectivity index (χ4v) is 2.80. The highest BCUT2D eigenvalue weighted by Gasteiger charge is 2.23. The Labute approximate surface area is 132 Å². The second kappa shape index (κ2) is 5.68. The number of carbonyl (C=O) groups is 1. The molecule has 0 aliphatic carbocycles. The molecule has 2 aromatic rings. The molecular formula is C16H18N4O3. The molecule has 2 aromatic heterocycles. The van der Waals surface area contributed by atoms with Gasteiger partial charge in [-0.15, -0.1) is 0 Å². The number of dihydropyridines is 1. The van der Waals surface area contributed by atoms with Crippen LogP contribution >= 0.6 is 0 Å². The predicted molar refractivity (Wildman–Crippen MR) is 86.9 cm³/mol. The zero-order valence-corrected chi connectivity index (χ0v) is 13.1. The van der Waals surface area contributed by atoms with Crippen LogP contribution in [0.5, 0.6) is 0 Å². The third kappa shape index (κ3) is 2.50. The number of H-pyrrole nitrogens is 1. The van der Waals surface area contributed by atoms with Gasteiger partial charge in [0.2, 0.25) is 0 Å². The molecule has 0 bridgehead atoms. The Balaban J connectivity index is 1.99. The third-order valence-corrected chi connectivity index (χ3v) is 3.86. The lowest BCUT2D eigenvalue weighted by Gasteiger charge is -2.23. The van der Waals surface area contributed by atoms with Crippen molar-refractivity contribution in [3.05, 3.63) is 58.0 Å². The van der Waals surface area contributed by atoms with Gasteiger partial charge in [-0.2, -0.15) is 0 Å². The van der Waals surface area contributed by atoms with Crippen LogP contribution in [-0.4, -0.2) is 28.7 Å². The molecule has 1 amide bonds. The van der Waals surface area contributed by atoms with Crippen molar-refractivity contribution in [3.8, 4) is 0 Å². The number of nitrogens with one attached hydrogen (secondary N) is 3. The minimum Gasteiger partial charge on any atom is -0.497 e. The first-order valence-electron chi connectivity index (χ1n) is 7.18. The smallest absolute Gasteiger partial charge is 0.258 e. The molecule has 23 heavy (non-hydrogen) atoms. The molecule has 0 saturated heterocycles. The Morgan fingerprint density at radius 3 is 2.96 bits per heavy atom. The van der Waals surface area contributed by atoms with Gasteiger partial charge in [0.15, 0.2) is 6.17 Å². The van der Waals surface area contributed by atoms with Crippen molar-refractivity contribution >= 4 is 16.8 Å². The first-order valence-corrected chi connectivity index (χ1v) is 7.18. The number of hydrogen-bond acceptors (Lipinski definition) is 4. The molecule has 3 heterocycles. The number of hydrogen-bond donors (Lipinski definition) is 3. The lowest BCUT2D eigenvalue weighted by molar-refractivity contribution is 0.0924. The predicted octanol–water partition coefficient (Wildman–Crippen LogP) is 0.878. The highest BCUT2D eigenvalue weighted by Crippen LogP contribution is 2.20. The molecular weight excluding hydrogens is 296 g/mol. The number of nitrogens with zero attached hydrogens (tertiary/aromatic N) is 1. The maximum Gasteiger partial charge on any atom is 0.258 e. The molecule has 3 N–H and O–H groups in total. The number of pyridine rings is 1. The molecule has 1 aliphatic rings. The normalized spacial score (nSPS) is 16.8. The first kappa shape index (κ1) is 15.0. The molecule has 0 radical (unpaired) electrons. The topological polar surface area (TPSA) is 88.2 Å². The van der Waals surface area contributed by atoms with Crippen LogP contribution in [0.15, 0.2) is 41.3 Å². The second-order valence-electron chi connectivity index (χ2n) is 5.38. The molecule has 0 spiro atoms. The first-order chi connectivity index (χ1) is 11.0. The number of ether oxygens (including phenoxy) is 1. The van der Waals surface area contributed by atoms with Gasteiger partial charge in [-0.05, 0) is 30.8 Å². The molecule has 7 nitrogen and oxygen atoms in total. The molecule has 3 rings (SSSR count). The van der Waals surface area contributed by atoms with Crippen LogP contribution in [0.4, 0.5) is 0 Å². The van der Waals surface area contributed by atoms with Crippen LogP contribution < -0.4 is 16.2 Å². The van der Waals surface area contributed by atoms with E-state index in [0.29, 0.717) is 16.7 Å². The molecule has 120 valence electrons. The number of aryl methyl sites for hydroxylation is 2. The molecule has 1 aliphatic heterocycles. The van der Waals surface area contributed by atoms with Crippen molar-refractivity contribution < 1.29 is 9.53 Å². The van der Waals surface area contributed by atoms with E-state index in [1.165, 1.54) is 7.11 Å². The zero-order chi connectivity index (χ0) is 16.6. The van der Waals surface area contributed by atoms with Gasteiger partial charge in [0.1, 0.15) is 5.76 Å². The standard InChI is InChI=1S/C16H18N4O3/c1-9-7-18-16(22)12-10(8-20(2)13(9)12)15(21)19-14-11(23-3)5-4-6-17-14/h4-8,14,17H,1-3H3,(H,18,22)(H,19,21). The third-order valence-electron chi connectivity index (χ3n) is 3.86. The Kier molecular flexibility index (Phi) is 3.69. The minimum absolute atomic E-state index is 0.282. The van der Waals surface area contributed by atoms with Gasteiger partial charge in [0, 0.05) is 19.4 Å². The lowest BCUT2D eigenvalue weighted by Crippen LogP contribution is -2.46. The summed E-state index contributed by atoms with van der Waals surface area (Å²) in [6.45, 7) is 1.89. The molecule has 1 atom stereocenters.